The molecule has 2 aromatic carbocycles. The van der Waals surface area contributed by atoms with Gasteiger partial charge in [0.05, 0.1) is 31.9 Å². The van der Waals surface area contributed by atoms with Gasteiger partial charge in [-0.25, -0.2) is 14.0 Å². The number of methoxy groups -OCH3 is 2. The molecule has 0 saturated carbocycles. The number of anilines is 1. The van der Waals surface area contributed by atoms with Crippen molar-refractivity contribution in [3.05, 3.63) is 65.0 Å². The number of carbonyl (C=O) groups is 3. The van der Waals surface area contributed by atoms with Crippen molar-refractivity contribution in [2.24, 2.45) is 0 Å². The molecule has 8 heteroatoms. The van der Waals surface area contributed by atoms with Crippen molar-refractivity contribution >= 4 is 23.5 Å². The number of rotatable bonds is 7. The summed E-state index contributed by atoms with van der Waals surface area (Å²) in [4.78, 5) is 37.6. The molecular weight excluding hydrogens is 367 g/mol. The molecule has 0 aliphatic rings. The maximum absolute atomic E-state index is 13.3. The van der Waals surface area contributed by atoms with Crippen molar-refractivity contribution in [2.75, 3.05) is 33.1 Å². The molecule has 0 fully saturated rings. The molecule has 0 bridgehead atoms. The Kier molecular flexibility index (Phi) is 7.22. The van der Waals surface area contributed by atoms with Crippen molar-refractivity contribution in [1.29, 1.82) is 0 Å². The second-order valence-corrected chi connectivity index (χ2v) is 6.13. The van der Waals surface area contributed by atoms with Crippen molar-refractivity contribution in [1.82, 2.24) is 4.90 Å². The van der Waals surface area contributed by atoms with Gasteiger partial charge in [-0.15, -0.1) is 0 Å². The van der Waals surface area contributed by atoms with E-state index in [1.165, 1.54) is 44.6 Å². The number of hydrogen-bond donors (Lipinski definition) is 1. The first-order valence-corrected chi connectivity index (χ1v) is 8.37. The lowest BCUT2D eigenvalue weighted by Crippen LogP contribution is -2.30. The van der Waals surface area contributed by atoms with Crippen molar-refractivity contribution in [3.63, 3.8) is 0 Å². The Morgan fingerprint density at radius 1 is 1.00 bits per heavy atom. The van der Waals surface area contributed by atoms with E-state index in [0.717, 1.165) is 5.56 Å². The number of esters is 2. The third kappa shape index (κ3) is 5.88. The third-order valence-corrected chi connectivity index (χ3v) is 3.81. The van der Waals surface area contributed by atoms with Crippen LogP contribution in [0.15, 0.2) is 42.5 Å². The summed E-state index contributed by atoms with van der Waals surface area (Å²) in [6.07, 6.45) is 0. The lowest BCUT2D eigenvalue weighted by Gasteiger charge is -2.17. The van der Waals surface area contributed by atoms with Gasteiger partial charge in [0.2, 0.25) is 5.91 Å². The van der Waals surface area contributed by atoms with Gasteiger partial charge in [0, 0.05) is 12.2 Å². The molecule has 28 heavy (non-hydrogen) atoms. The van der Waals surface area contributed by atoms with Crippen LogP contribution in [-0.2, 0) is 20.8 Å². The zero-order valence-electron chi connectivity index (χ0n) is 15.8. The molecule has 1 N–H and O–H groups in total. The van der Waals surface area contributed by atoms with Gasteiger partial charge in [-0.05, 0) is 42.9 Å². The highest BCUT2D eigenvalue weighted by Crippen LogP contribution is 2.17. The van der Waals surface area contributed by atoms with E-state index in [2.05, 4.69) is 14.8 Å². The molecule has 0 radical (unpaired) electrons. The molecule has 0 spiro atoms. The van der Waals surface area contributed by atoms with Crippen LogP contribution in [0.5, 0.6) is 0 Å². The second-order valence-electron chi connectivity index (χ2n) is 6.13. The molecule has 0 aliphatic heterocycles. The highest BCUT2D eigenvalue weighted by atomic mass is 19.1. The number of nitrogens with zero attached hydrogens (tertiary/aromatic N) is 1. The van der Waals surface area contributed by atoms with Gasteiger partial charge in [0.25, 0.3) is 0 Å². The first-order chi connectivity index (χ1) is 13.3. The molecular formula is C20H21FN2O5. The first kappa shape index (κ1) is 21.0. The van der Waals surface area contributed by atoms with E-state index in [1.807, 2.05) is 0 Å². The number of nitrogens with one attached hydrogen (secondary N) is 1. The normalized spacial score (nSPS) is 10.5. The lowest BCUT2D eigenvalue weighted by molar-refractivity contribution is -0.117. The Balaban J connectivity index is 2.09. The van der Waals surface area contributed by atoms with E-state index in [0.29, 0.717) is 6.54 Å². The van der Waals surface area contributed by atoms with E-state index in [4.69, 9.17) is 0 Å². The third-order valence-electron chi connectivity index (χ3n) is 3.81. The second kappa shape index (κ2) is 9.61. The molecule has 2 rings (SSSR count). The fourth-order valence-electron chi connectivity index (χ4n) is 2.62. The molecule has 0 aliphatic carbocycles. The molecule has 7 nitrogen and oxygen atoms in total. The van der Waals surface area contributed by atoms with E-state index >= 15 is 0 Å². The molecule has 1 amide bonds. The van der Waals surface area contributed by atoms with E-state index < -0.39 is 11.9 Å². The number of carbonyl (C=O) groups excluding carboxylic acids is 3. The van der Waals surface area contributed by atoms with Gasteiger partial charge in [-0.3, -0.25) is 9.69 Å². The predicted molar refractivity (Wildman–Crippen MR) is 100 cm³/mol. The van der Waals surface area contributed by atoms with Crippen LogP contribution in [-0.4, -0.2) is 50.6 Å². The summed E-state index contributed by atoms with van der Waals surface area (Å²) in [6.45, 7) is 0.396. The van der Waals surface area contributed by atoms with Crippen molar-refractivity contribution in [2.45, 2.75) is 6.54 Å². The molecule has 2 aromatic rings. The summed E-state index contributed by atoms with van der Waals surface area (Å²) in [5, 5.41) is 2.64. The van der Waals surface area contributed by atoms with Gasteiger partial charge < -0.3 is 14.8 Å². The van der Waals surface area contributed by atoms with Gasteiger partial charge in [-0.2, -0.15) is 0 Å². The Morgan fingerprint density at radius 3 is 2.14 bits per heavy atom. The van der Waals surface area contributed by atoms with Crippen molar-refractivity contribution in [3.8, 4) is 0 Å². The van der Waals surface area contributed by atoms with Crippen LogP contribution in [0.2, 0.25) is 0 Å². The maximum atomic E-state index is 13.3. The molecule has 0 saturated heterocycles. The smallest absolute Gasteiger partial charge is 0.337 e. The van der Waals surface area contributed by atoms with Crippen LogP contribution >= 0.6 is 0 Å². The molecule has 148 valence electrons. The van der Waals surface area contributed by atoms with E-state index in [9.17, 15) is 18.8 Å². The first-order valence-electron chi connectivity index (χ1n) is 8.37. The number of benzene rings is 2. The average molecular weight is 388 g/mol. The number of amides is 1. The van der Waals surface area contributed by atoms with Crippen LogP contribution in [0.4, 0.5) is 10.1 Å². The largest absolute Gasteiger partial charge is 0.465 e. The highest BCUT2D eigenvalue weighted by molar-refractivity contribution is 5.99. The molecule has 0 unspecified atom stereocenters. The van der Waals surface area contributed by atoms with E-state index in [-0.39, 0.29) is 35.1 Å². The van der Waals surface area contributed by atoms with Crippen LogP contribution in [0, 0.1) is 5.82 Å². The Hall–Kier alpha value is -3.26. The Morgan fingerprint density at radius 2 is 1.61 bits per heavy atom. The quantitative estimate of drug-likeness (QED) is 0.734. The Labute approximate surface area is 162 Å². The van der Waals surface area contributed by atoms with Gasteiger partial charge in [0.15, 0.2) is 0 Å². The van der Waals surface area contributed by atoms with Gasteiger partial charge >= 0.3 is 11.9 Å². The number of ether oxygens (including phenoxy) is 2. The minimum atomic E-state index is -0.649. The SMILES string of the molecule is COC(=O)c1cc(NC(=O)CN(C)Cc2cccc(F)c2)cc(C(=O)OC)c1. The minimum absolute atomic E-state index is 0.0204. The van der Waals surface area contributed by atoms with Gasteiger partial charge in [0.1, 0.15) is 5.82 Å². The molecule has 0 aromatic heterocycles. The van der Waals surface area contributed by atoms with Crippen molar-refractivity contribution < 1.29 is 28.2 Å². The standard InChI is InChI=1S/C20H21FN2O5/c1-23(11-13-5-4-6-16(21)7-13)12-18(24)22-17-9-14(19(25)27-2)8-15(10-17)20(26)28-3/h4-10H,11-12H2,1-3H3,(H,22,24). The molecule has 0 heterocycles. The van der Waals surface area contributed by atoms with E-state index in [1.54, 1.807) is 24.1 Å². The summed E-state index contributed by atoms with van der Waals surface area (Å²) in [5.74, 6) is -2.00. The lowest BCUT2D eigenvalue weighted by atomic mass is 10.1. The number of likely N-dealkylation sites (N-methyl/N-ethyl adjacent to an activating group) is 1. The monoisotopic (exact) mass is 388 g/mol. The predicted octanol–water partition coefficient (Wildman–Crippen LogP) is 2.47. The summed E-state index contributed by atoms with van der Waals surface area (Å²) in [7, 11) is 4.15. The summed E-state index contributed by atoms with van der Waals surface area (Å²) >= 11 is 0. The number of halogens is 1. The van der Waals surface area contributed by atoms with Crippen LogP contribution in [0.25, 0.3) is 0 Å². The fraction of sp³-hybridized carbons (Fsp3) is 0.250. The van der Waals surface area contributed by atoms with Crippen LogP contribution < -0.4 is 5.32 Å². The van der Waals surface area contributed by atoms with Crippen LogP contribution in [0.3, 0.4) is 0 Å². The highest BCUT2D eigenvalue weighted by Gasteiger charge is 2.15. The van der Waals surface area contributed by atoms with Crippen LogP contribution in [0.1, 0.15) is 26.3 Å². The summed E-state index contributed by atoms with van der Waals surface area (Å²) in [5.41, 5.74) is 1.20. The summed E-state index contributed by atoms with van der Waals surface area (Å²) < 4.78 is 22.6. The molecule has 0 atom stereocenters. The minimum Gasteiger partial charge on any atom is -0.465 e. The number of hydrogen-bond acceptors (Lipinski definition) is 6. The topological polar surface area (TPSA) is 84.9 Å². The van der Waals surface area contributed by atoms with Gasteiger partial charge in [-0.1, -0.05) is 12.1 Å². The fourth-order valence-corrected chi connectivity index (χ4v) is 2.62. The summed E-state index contributed by atoms with van der Waals surface area (Å²) in [6, 6.07) is 10.3. The zero-order valence-corrected chi connectivity index (χ0v) is 15.8. The Bertz CT molecular complexity index is 850. The maximum Gasteiger partial charge on any atom is 0.337 e. The average Bonchev–Trinajstić information content (AvgIpc) is 2.66. The zero-order chi connectivity index (χ0) is 20.7.